The van der Waals surface area contributed by atoms with Gasteiger partial charge in [-0.05, 0) is 25.7 Å². The zero-order valence-corrected chi connectivity index (χ0v) is 13.2. The van der Waals surface area contributed by atoms with E-state index in [1.165, 1.54) is 6.92 Å². The quantitative estimate of drug-likeness (QED) is 0.398. The fraction of sp³-hybridized carbons (Fsp3) is 0.714. The summed E-state index contributed by atoms with van der Waals surface area (Å²) in [5.74, 6) is -1.99. The third-order valence-corrected chi connectivity index (χ3v) is 2.92. The Hall–Kier alpha value is -1.96. The molecule has 0 saturated heterocycles. The van der Waals surface area contributed by atoms with Crippen LogP contribution in [0.5, 0.6) is 0 Å². The highest BCUT2D eigenvalue weighted by atomic mass is 16.4. The monoisotopic (exact) mass is 315 g/mol. The molecule has 0 aromatic heterocycles. The zero-order valence-electron chi connectivity index (χ0n) is 13.2. The van der Waals surface area contributed by atoms with Crippen molar-refractivity contribution in [1.29, 1.82) is 0 Å². The molecule has 0 fully saturated rings. The summed E-state index contributed by atoms with van der Waals surface area (Å²) in [6.45, 7) is 5.30. The van der Waals surface area contributed by atoms with Gasteiger partial charge >= 0.3 is 5.97 Å². The van der Waals surface area contributed by atoms with Gasteiger partial charge in [0, 0.05) is 6.42 Å². The number of carboxylic acid groups (broad SMARTS) is 1. The molecule has 0 spiro atoms. The molecule has 0 aliphatic heterocycles. The minimum absolute atomic E-state index is 0.0765. The van der Waals surface area contributed by atoms with Crippen molar-refractivity contribution in [1.82, 2.24) is 10.6 Å². The smallest absolute Gasteiger partial charge is 0.303 e. The minimum atomic E-state index is -1.08. The van der Waals surface area contributed by atoms with Crippen molar-refractivity contribution in [3.05, 3.63) is 0 Å². The van der Waals surface area contributed by atoms with Crippen LogP contribution in [-0.4, -0.2) is 47.3 Å². The van der Waals surface area contributed by atoms with E-state index >= 15 is 0 Å². The number of carbonyl (C=O) groups is 4. The van der Waals surface area contributed by atoms with Crippen LogP contribution in [0.4, 0.5) is 0 Å². The summed E-state index contributed by atoms with van der Waals surface area (Å²) >= 11 is 0. The molecule has 0 aromatic rings. The molecule has 2 amide bonds. The van der Waals surface area contributed by atoms with Crippen LogP contribution in [0.25, 0.3) is 0 Å². The lowest BCUT2D eigenvalue weighted by Gasteiger charge is -2.21. The van der Waals surface area contributed by atoms with E-state index in [1.54, 1.807) is 0 Å². The van der Waals surface area contributed by atoms with Gasteiger partial charge in [-0.25, -0.2) is 0 Å². The molecular weight excluding hydrogens is 290 g/mol. The SMILES string of the molecule is CC(C)C[C@H](N)C(=O)N[C@@H](CCC(=O)O)C(=O)N[C@@H](C)C=O. The Morgan fingerprint density at radius 3 is 2.18 bits per heavy atom. The average molecular weight is 315 g/mol. The molecule has 0 bridgehead atoms. The second kappa shape index (κ2) is 9.88. The highest BCUT2D eigenvalue weighted by Gasteiger charge is 2.25. The maximum Gasteiger partial charge on any atom is 0.303 e. The van der Waals surface area contributed by atoms with Crippen molar-refractivity contribution < 1.29 is 24.3 Å². The van der Waals surface area contributed by atoms with E-state index in [9.17, 15) is 19.2 Å². The summed E-state index contributed by atoms with van der Waals surface area (Å²) in [6.07, 6.45) is 0.627. The summed E-state index contributed by atoms with van der Waals surface area (Å²) in [5, 5.41) is 13.5. The molecule has 22 heavy (non-hydrogen) atoms. The summed E-state index contributed by atoms with van der Waals surface area (Å²) in [7, 11) is 0. The summed E-state index contributed by atoms with van der Waals surface area (Å²) in [4.78, 5) is 45.2. The zero-order chi connectivity index (χ0) is 17.3. The lowest BCUT2D eigenvalue weighted by Crippen LogP contribution is -2.53. The number of hydrogen-bond acceptors (Lipinski definition) is 5. The Kier molecular flexibility index (Phi) is 9.00. The predicted molar refractivity (Wildman–Crippen MR) is 79.9 cm³/mol. The first kappa shape index (κ1) is 20.0. The number of nitrogens with two attached hydrogens (primary N) is 1. The lowest BCUT2D eigenvalue weighted by atomic mass is 10.0. The first-order valence-corrected chi connectivity index (χ1v) is 7.20. The number of aldehydes is 1. The highest BCUT2D eigenvalue weighted by molar-refractivity contribution is 5.91. The van der Waals surface area contributed by atoms with Crippen molar-refractivity contribution in [2.75, 3.05) is 0 Å². The van der Waals surface area contributed by atoms with E-state index in [0.29, 0.717) is 12.7 Å². The van der Waals surface area contributed by atoms with Crippen molar-refractivity contribution in [2.24, 2.45) is 11.7 Å². The number of aliphatic carboxylic acids is 1. The van der Waals surface area contributed by atoms with Gasteiger partial charge in [0.15, 0.2) is 0 Å². The number of nitrogens with one attached hydrogen (secondary N) is 2. The van der Waals surface area contributed by atoms with E-state index in [4.69, 9.17) is 10.8 Å². The first-order chi connectivity index (χ1) is 10.2. The number of hydrogen-bond donors (Lipinski definition) is 4. The standard InChI is InChI=1S/C14H25N3O5/c1-8(2)6-10(15)13(21)17-11(4-5-12(19)20)14(22)16-9(3)7-18/h7-11H,4-6,15H2,1-3H3,(H,16,22)(H,17,21)(H,19,20)/t9-,10-,11-/m0/s1. The third-order valence-electron chi connectivity index (χ3n) is 2.92. The number of carboxylic acids is 1. The average Bonchev–Trinajstić information content (AvgIpc) is 2.41. The van der Waals surface area contributed by atoms with Crippen LogP contribution in [0.3, 0.4) is 0 Å². The molecule has 0 unspecified atom stereocenters. The van der Waals surface area contributed by atoms with Gasteiger partial charge < -0.3 is 26.3 Å². The molecule has 126 valence electrons. The number of amides is 2. The molecule has 0 aliphatic rings. The Bertz CT molecular complexity index is 411. The van der Waals surface area contributed by atoms with Crippen LogP contribution >= 0.6 is 0 Å². The first-order valence-electron chi connectivity index (χ1n) is 7.20. The second-order valence-corrected chi connectivity index (χ2v) is 5.66. The van der Waals surface area contributed by atoms with Crippen molar-refractivity contribution in [2.45, 2.75) is 58.2 Å². The van der Waals surface area contributed by atoms with Crippen LogP contribution in [0, 0.1) is 5.92 Å². The largest absolute Gasteiger partial charge is 0.481 e. The number of carbonyl (C=O) groups excluding carboxylic acids is 3. The van der Waals surface area contributed by atoms with Crippen LogP contribution in [0.1, 0.15) is 40.0 Å². The minimum Gasteiger partial charge on any atom is -0.481 e. The molecular formula is C14H25N3O5. The van der Waals surface area contributed by atoms with E-state index in [-0.39, 0.29) is 18.8 Å². The van der Waals surface area contributed by atoms with Crippen LogP contribution in [-0.2, 0) is 19.2 Å². The maximum absolute atomic E-state index is 12.0. The van der Waals surface area contributed by atoms with Gasteiger partial charge in [-0.15, -0.1) is 0 Å². The van der Waals surface area contributed by atoms with Crippen molar-refractivity contribution >= 4 is 24.1 Å². The van der Waals surface area contributed by atoms with E-state index in [1.807, 2.05) is 13.8 Å². The fourth-order valence-corrected chi connectivity index (χ4v) is 1.79. The van der Waals surface area contributed by atoms with Crippen molar-refractivity contribution in [3.63, 3.8) is 0 Å². The topological polar surface area (TPSA) is 139 Å². The Labute approximate surface area is 129 Å². The normalized spacial score (nSPS) is 14.8. The van der Waals surface area contributed by atoms with Gasteiger partial charge in [0.1, 0.15) is 12.3 Å². The molecule has 0 saturated carbocycles. The Morgan fingerprint density at radius 2 is 1.73 bits per heavy atom. The predicted octanol–water partition coefficient (Wildman–Crippen LogP) is -0.587. The molecule has 3 atom stereocenters. The van der Waals surface area contributed by atoms with E-state index in [2.05, 4.69) is 10.6 Å². The van der Waals surface area contributed by atoms with Gasteiger partial charge in [-0.1, -0.05) is 13.8 Å². The molecule has 8 nitrogen and oxygen atoms in total. The van der Waals surface area contributed by atoms with Gasteiger partial charge in [-0.2, -0.15) is 0 Å². The van der Waals surface area contributed by atoms with Gasteiger partial charge in [0.25, 0.3) is 0 Å². The highest BCUT2D eigenvalue weighted by Crippen LogP contribution is 2.05. The molecule has 0 aliphatic carbocycles. The van der Waals surface area contributed by atoms with Crippen LogP contribution in [0.2, 0.25) is 0 Å². The molecule has 0 heterocycles. The summed E-state index contributed by atoms with van der Waals surface area (Å²) < 4.78 is 0. The van der Waals surface area contributed by atoms with E-state index < -0.39 is 35.9 Å². The van der Waals surface area contributed by atoms with Crippen LogP contribution in [0.15, 0.2) is 0 Å². The van der Waals surface area contributed by atoms with Gasteiger partial charge in [0.2, 0.25) is 11.8 Å². The van der Waals surface area contributed by atoms with Gasteiger partial charge in [0.05, 0.1) is 12.1 Å². The third kappa shape index (κ3) is 8.35. The Morgan fingerprint density at radius 1 is 1.14 bits per heavy atom. The second-order valence-electron chi connectivity index (χ2n) is 5.66. The maximum atomic E-state index is 12.0. The van der Waals surface area contributed by atoms with Crippen molar-refractivity contribution in [3.8, 4) is 0 Å². The van der Waals surface area contributed by atoms with E-state index in [0.717, 1.165) is 0 Å². The number of rotatable bonds is 10. The molecule has 8 heteroatoms. The fourth-order valence-electron chi connectivity index (χ4n) is 1.79. The summed E-state index contributed by atoms with van der Waals surface area (Å²) in [5.41, 5.74) is 5.73. The summed E-state index contributed by atoms with van der Waals surface area (Å²) in [6, 6.07) is -2.53. The van der Waals surface area contributed by atoms with Crippen LogP contribution < -0.4 is 16.4 Å². The Balaban J connectivity index is 4.77. The van der Waals surface area contributed by atoms with Gasteiger partial charge in [-0.3, -0.25) is 14.4 Å². The molecule has 0 rings (SSSR count). The molecule has 0 radical (unpaired) electrons. The molecule has 5 N–H and O–H groups in total. The molecule has 0 aromatic carbocycles. The lowest BCUT2D eigenvalue weighted by molar-refractivity contribution is -0.138.